The fourth-order valence-electron chi connectivity index (χ4n) is 2.57. The molecule has 19 heavy (non-hydrogen) atoms. The van der Waals surface area contributed by atoms with Gasteiger partial charge in [-0.2, -0.15) is 0 Å². The topological polar surface area (TPSA) is 71.3 Å². The zero-order chi connectivity index (χ0) is 13.2. The summed E-state index contributed by atoms with van der Waals surface area (Å²) in [5, 5.41) is 11.0. The third-order valence-corrected chi connectivity index (χ3v) is 3.73. The van der Waals surface area contributed by atoms with Gasteiger partial charge in [0.15, 0.2) is 0 Å². The lowest BCUT2D eigenvalue weighted by Gasteiger charge is -2.32. The SMILES string of the molecule is Cc1nnc(CN2CCCC(NC(=O)C3CC3)C2)o1. The first-order valence-corrected chi connectivity index (χ1v) is 7.02. The molecule has 1 aromatic rings. The summed E-state index contributed by atoms with van der Waals surface area (Å²) < 4.78 is 5.40. The minimum atomic E-state index is 0.237. The van der Waals surface area contributed by atoms with Crippen LogP contribution in [0.5, 0.6) is 0 Å². The number of carbonyl (C=O) groups is 1. The number of amides is 1. The molecule has 6 heteroatoms. The van der Waals surface area contributed by atoms with Crippen LogP contribution in [-0.4, -0.2) is 40.1 Å². The highest BCUT2D eigenvalue weighted by Crippen LogP contribution is 2.29. The number of aromatic nitrogens is 2. The van der Waals surface area contributed by atoms with Gasteiger partial charge in [0.25, 0.3) is 0 Å². The summed E-state index contributed by atoms with van der Waals surface area (Å²) >= 11 is 0. The predicted octanol–water partition coefficient (Wildman–Crippen LogP) is 0.869. The van der Waals surface area contributed by atoms with Crippen molar-refractivity contribution in [1.82, 2.24) is 20.4 Å². The molecule has 3 rings (SSSR count). The zero-order valence-corrected chi connectivity index (χ0v) is 11.3. The molecule has 1 amide bonds. The van der Waals surface area contributed by atoms with Gasteiger partial charge in [-0.05, 0) is 32.2 Å². The Morgan fingerprint density at radius 3 is 2.95 bits per heavy atom. The van der Waals surface area contributed by atoms with Crippen molar-refractivity contribution in [2.75, 3.05) is 13.1 Å². The van der Waals surface area contributed by atoms with Crippen LogP contribution in [0, 0.1) is 12.8 Å². The minimum absolute atomic E-state index is 0.237. The summed E-state index contributed by atoms with van der Waals surface area (Å²) in [6.07, 6.45) is 4.29. The van der Waals surface area contributed by atoms with Gasteiger partial charge in [0, 0.05) is 25.4 Å². The van der Waals surface area contributed by atoms with Crippen LogP contribution in [0.15, 0.2) is 4.42 Å². The Kier molecular flexibility index (Phi) is 3.50. The van der Waals surface area contributed by atoms with Crippen LogP contribution < -0.4 is 5.32 Å². The van der Waals surface area contributed by atoms with Gasteiger partial charge in [-0.15, -0.1) is 10.2 Å². The van der Waals surface area contributed by atoms with Gasteiger partial charge in [0.1, 0.15) is 0 Å². The van der Waals surface area contributed by atoms with Crippen molar-refractivity contribution < 1.29 is 9.21 Å². The molecule has 1 aliphatic heterocycles. The summed E-state index contributed by atoms with van der Waals surface area (Å²) in [5.74, 6) is 1.78. The molecule has 1 saturated carbocycles. The second kappa shape index (κ2) is 5.28. The van der Waals surface area contributed by atoms with E-state index in [1.165, 1.54) is 0 Å². The Labute approximate surface area is 112 Å². The molecule has 2 heterocycles. The molecule has 6 nitrogen and oxygen atoms in total. The average molecular weight is 264 g/mol. The highest BCUT2D eigenvalue weighted by Gasteiger charge is 2.32. The Morgan fingerprint density at radius 1 is 1.42 bits per heavy atom. The lowest BCUT2D eigenvalue weighted by Crippen LogP contribution is -2.47. The van der Waals surface area contributed by atoms with E-state index in [1.807, 2.05) is 0 Å². The van der Waals surface area contributed by atoms with Gasteiger partial charge in [0.2, 0.25) is 17.7 Å². The number of piperidine rings is 1. The van der Waals surface area contributed by atoms with Crippen molar-refractivity contribution in [1.29, 1.82) is 0 Å². The van der Waals surface area contributed by atoms with E-state index in [4.69, 9.17) is 4.42 Å². The van der Waals surface area contributed by atoms with E-state index < -0.39 is 0 Å². The van der Waals surface area contributed by atoms with Crippen LogP contribution in [0.4, 0.5) is 0 Å². The van der Waals surface area contributed by atoms with E-state index in [-0.39, 0.29) is 17.9 Å². The first-order chi connectivity index (χ1) is 9.20. The molecule has 1 atom stereocenters. The van der Waals surface area contributed by atoms with Crippen molar-refractivity contribution in [3.05, 3.63) is 11.8 Å². The van der Waals surface area contributed by atoms with Gasteiger partial charge in [-0.3, -0.25) is 9.69 Å². The van der Waals surface area contributed by atoms with E-state index in [9.17, 15) is 4.79 Å². The molecule has 1 unspecified atom stereocenters. The number of hydrogen-bond donors (Lipinski definition) is 1. The summed E-state index contributed by atoms with van der Waals surface area (Å²) in [6.45, 7) is 4.37. The van der Waals surface area contributed by atoms with Gasteiger partial charge < -0.3 is 9.73 Å². The molecule has 0 radical (unpaired) electrons. The number of nitrogens with zero attached hydrogens (tertiary/aromatic N) is 3. The minimum Gasteiger partial charge on any atom is -0.424 e. The maximum atomic E-state index is 11.8. The molecule has 1 saturated heterocycles. The first-order valence-electron chi connectivity index (χ1n) is 7.02. The highest BCUT2D eigenvalue weighted by molar-refractivity contribution is 5.81. The molecule has 0 spiro atoms. The lowest BCUT2D eigenvalue weighted by atomic mass is 10.1. The van der Waals surface area contributed by atoms with Crippen LogP contribution in [0.2, 0.25) is 0 Å². The Bertz CT molecular complexity index is 455. The standard InChI is InChI=1S/C13H20N4O2/c1-9-15-16-12(19-9)8-17-6-2-3-11(7-17)14-13(18)10-4-5-10/h10-11H,2-8H2,1H3,(H,14,18). The smallest absolute Gasteiger partial charge is 0.230 e. The fraction of sp³-hybridized carbons (Fsp3) is 0.769. The zero-order valence-electron chi connectivity index (χ0n) is 11.3. The Balaban J connectivity index is 1.51. The van der Waals surface area contributed by atoms with E-state index in [0.29, 0.717) is 18.3 Å². The number of hydrogen-bond acceptors (Lipinski definition) is 5. The Morgan fingerprint density at radius 2 is 2.26 bits per heavy atom. The third kappa shape index (κ3) is 3.32. The van der Waals surface area contributed by atoms with Crippen LogP contribution in [-0.2, 0) is 11.3 Å². The van der Waals surface area contributed by atoms with Crippen LogP contribution >= 0.6 is 0 Å². The molecule has 1 N–H and O–H groups in total. The first kappa shape index (κ1) is 12.6. The molecule has 1 aromatic heterocycles. The maximum Gasteiger partial charge on any atom is 0.230 e. The fourth-order valence-corrected chi connectivity index (χ4v) is 2.57. The molecular weight excluding hydrogens is 244 g/mol. The van der Waals surface area contributed by atoms with Gasteiger partial charge in [0.05, 0.1) is 6.54 Å². The van der Waals surface area contributed by atoms with E-state index in [1.54, 1.807) is 6.92 Å². The summed E-state index contributed by atoms with van der Waals surface area (Å²) in [4.78, 5) is 14.0. The summed E-state index contributed by atoms with van der Waals surface area (Å²) in [5.41, 5.74) is 0. The largest absolute Gasteiger partial charge is 0.424 e. The quantitative estimate of drug-likeness (QED) is 0.873. The number of nitrogens with one attached hydrogen (secondary N) is 1. The molecule has 2 fully saturated rings. The van der Waals surface area contributed by atoms with Crippen molar-refractivity contribution in [2.24, 2.45) is 5.92 Å². The summed E-state index contributed by atoms with van der Waals surface area (Å²) in [7, 11) is 0. The maximum absolute atomic E-state index is 11.8. The van der Waals surface area contributed by atoms with E-state index in [0.717, 1.165) is 38.8 Å². The highest BCUT2D eigenvalue weighted by atomic mass is 16.4. The van der Waals surface area contributed by atoms with E-state index >= 15 is 0 Å². The van der Waals surface area contributed by atoms with Crippen molar-refractivity contribution in [2.45, 2.75) is 45.2 Å². The average Bonchev–Trinajstić information content (AvgIpc) is 3.15. The lowest BCUT2D eigenvalue weighted by molar-refractivity contribution is -0.123. The molecule has 1 aliphatic carbocycles. The normalized spacial score (nSPS) is 24.4. The Hall–Kier alpha value is -1.43. The molecule has 0 aromatic carbocycles. The number of rotatable bonds is 4. The van der Waals surface area contributed by atoms with Gasteiger partial charge in [-0.25, -0.2) is 0 Å². The van der Waals surface area contributed by atoms with Crippen molar-refractivity contribution in [3.8, 4) is 0 Å². The number of carbonyl (C=O) groups excluding carboxylic acids is 1. The van der Waals surface area contributed by atoms with E-state index in [2.05, 4.69) is 20.4 Å². The predicted molar refractivity (Wildman–Crippen MR) is 68.2 cm³/mol. The van der Waals surface area contributed by atoms with Crippen LogP contribution in [0.1, 0.15) is 37.5 Å². The number of likely N-dealkylation sites (tertiary alicyclic amines) is 1. The second-order valence-electron chi connectivity index (χ2n) is 5.57. The molecular formula is C13H20N4O2. The molecule has 0 bridgehead atoms. The third-order valence-electron chi connectivity index (χ3n) is 3.73. The van der Waals surface area contributed by atoms with Gasteiger partial charge in [-0.1, -0.05) is 0 Å². The summed E-state index contributed by atoms with van der Waals surface area (Å²) in [6, 6.07) is 0.269. The van der Waals surface area contributed by atoms with Crippen molar-refractivity contribution in [3.63, 3.8) is 0 Å². The van der Waals surface area contributed by atoms with Crippen LogP contribution in [0.3, 0.4) is 0 Å². The molecule has 104 valence electrons. The van der Waals surface area contributed by atoms with Crippen molar-refractivity contribution >= 4 is 5.91 Å². The van der Waals surface area contributed by atoms with Gasteiger partial charge >= 0.3 is 0 Å². The molecule has 2 aliphatic rings. The van der Waals surface area contributed by atoms with Crippen LogP contribution in [0.25, 0.3) is 0 Å². The monoisotopic (exact) mass is 264 g/mol. The second-order valence-corrected chi connectivity index (χ2v) is 5.57. The number of aryl methyl sites for hydroxylation is 1.